The number of rotatable bonds is 3. The van der Waals surface area contributed by atoms with E-state index < -0.39 is 48.6 Å². The van der Waals surface area contributed by atoms with Crippen LogP contribution in [0.1, 0.15) is 41.2 Å². The lowest BCUT2D eigenvalue weighted by Crippen LogP contribution is -2.51. The Hall–Kier alpha value is -1.42. The summed E-state index contributed by atoms with van der Waals surface area (Å²) < 4.78 is 27.4. The van der Waals surface area contributed by atoms with Crippen LogP contribution in [0.15, 0.2) is 3.79 Å². The van der Waals surface area contributed by atoms with Gasteiger partial charge in [-0.2, -0.15) is 0 Å². The van der Waals surface area contributed by atoms with Crippen LogP contribution in [-0.2, 0) is 4.79 Å². The van der Waals surface area contributed by atoms with Gasteiger partial charge in [0.25, 0.3) is 5.91 Å². The molecule has 0 radical (unpaired) electrons. The molecule has 6 nitrogen and oxygen atoms in total. The number of ketones is 1. The van der Waals surface area contributed by atoms with E-state index in [1.54, 1.807) is 6.92 Å². The molecule has 0 bridgehead atoms. The van der Waals surface area contributed by atoms with E-state index >= 15 is 0 Å². The van der Waals surface area contributed by atoms with Gasteiger partial charge in [-0.15, -0.1) is 11.3 Å². The third-order valence-corrected chi connectivity index (χ3v) is 6.41. The summed E-state index contributed by atoms with van der Waals surface area (Å²) in [6.07, 6.45) is -1.17. The second kappa shape index (κ2) is 5.83. The van der Waals surface area contributed by atoms with E-state index in [-0.39, 0.29) is 17.8 Å². The highest BCUT2D eigenvalue weighted by Gasteiger charge is 2.55. The number of halogens is 3. The number of amides is 3. The molecule has 1 aromatic heterocycles. The number of alkyl halides is 2. The molecule has 1 saturated carbocycles. The topological polar surface area (TPSA) is 79.4 Å². The van der Waals surface area contributed by atoms with Crippen molar-refractivity contribution >= 4 is 45.0 Å². The summed E-state index contributed by atoms with van der Waals surface area (Å²) in [4.78, 5) is 41.8. The van der Waals surface area contributed by atoms with Gasteiger partial charge >= 0.3 is 6.03 Å². The highest BCUT2D eigenvalue weighted by atomic mass is 79.9. The number of carbonyl (C=O) groups is 3. The van der Waals surface area contributed by atoms with Gasteiger partial charge < -0.3 is 5.32 Å². The number of carbonyl (C=O) groups excluding carboxylic acids is 3. The largest absolute Gasteiger partial charge is 0.325 e. The Morgan fingerprint density at radius 3 is 2.50 bits per heavy atom. The highest BCUT2D eigenvalue weighted by molar-refractivity contribution is 9.11. The van der Waals surface area contributed by atoms with Crippen LogP contribution >= 0.6 is 27.3 Å². The first-order chi connectivity index (χ1) is 11.1. The monoisotopic (exact) mass is 421 g/mol. The van der Waals surface area contributed by atoms with Gasteiger partial charge in [0.05, 0.1) is 16.0 Å². The SMILES string of the molecule is Cc1nc(C(=O)CN2C(=O)NC3(CCC(F)(F)CC3)C2=O)sc1Br. The van der Waals surface area contributed by atoms with Crippen molar-refractivity contribution in [3.63, 3.8) is 0 Å². The van der Waals surface area contributed by atoms with Crippen LogP contribution in [0.25, 0.3) is 0 Å². The molecule has 1 aliphatic carbocycles. The molecular formula is C14H14BrF2N3O3S. The summed E-state index contributed by atoms with van der Waals surface area (Å²) in [5, 5.41) is 2.70. The van der Waals surface area contributed by atoms with Gasteiger partial charge in [-0.1, -0.05) is 0 Å². The van der Waals surface area contributed by atoms with Crippen LogP contribution in [0.4, 0.5) is 13.6 Å². The summed E-state index contributed by atoms with van der Waals surface area (Å²) in [5.74, 6) is -3.89. The van der Waals surface area contributed by atoms with Gasteiger partial charge in [0.15, 0.2) is 5.01 Å². The number of Topliss-reactive ketones (excluding diaryl/α,β-unsaturated/α-hetero) is 1. The van der Waals surface area contributed by atoms with E-state index in [1.165, 1.54) is 0 Å². The molecule has 0 unspecified atom stereocenters. The van der Waals surface area contributed by atoms with E-state index in [0.717, 1.165) is 16.2 Å². The molecule has 130 valence electrons. The molecule has 1 aromatic rings. The molecule has 2 aliphatic rings. The predicted octanol–water partition coefficient (Wildman–Crippen LogP) is 2.90. The fourth-order valence-corrected chi connectivity index (χ4v) is 4.18. The Bertz CT molecular complexity index is 707. The summed E-state index contributed by atoms with van der Waals surface area (Å²) >= 11 is 4.38. The summed E-state index contributed by atoms with van der Waals surface area (Å²) in [6, 6.07) is -0.717. The number of aryl methyl sites for hydroxylation is 1. The standard InChI is InChI=1S/C14H14BrF2N3O3S/c1-7-9(15)24-10(18-7)8(21)6-20-11(22)13(19-12(20)23)2-4-14(16,17)5-3-13/h2-6H2,1H3,(H,19,23). The molecule has 0 atom stereocenters. The minimum atomic E-state index is -2.82. The second-order valence-electron chi connectivity index (χ2n) is 6.06. The van der Waals surface area contributed by atoms with E-state index in [9.17, 15) is 23.2 Å². The van der Waals surface area contributed by atoms with Gasteiger partial charge in [-0.25, -0.2) is 18.6 Å². The van der Waals surface area contributed by atoms with Gasteiger partial charge in [-0.3, -0.25) is 14.5 Å². The molecule has 1 aliphatic heterocycles. The molecule has 2 heterocycles. The first kappa shape index (κ1) is 17.4. The number of nitrogens with zero attached hydrogens (tertiary/aromatic N) is 2. The van der Waals surface area contributed by atoms with Crippen molar-refractivity contribution in [1.82, 2.24) is 15.2 Å². The molecule has 1 N–H and O–H groups in total. The molecule has 10 heteroatoms. The maximum atomic E-state index is 13.3. The van der Waals surface area contributed by atoms with Crippen LogP contribution in [0.2, 0.25) is 0 Å². The van der Waals surface area contributed by atoms with Crippen molar-refractivity contribution in [3.8, 4) is 0 Å². The minimum Gasteiger partial charge on any atom is -0.323 e. The Morgan fingerprint density at radius 2 is 1.96 bits per heavy atom. The van der Waals surface area contributed by atoms with E-state index in [1.807, 2.05) is 0 Å². The lowest BCUT2D eigenvalue weighted by atomic mass is 9.80. The third-order valence-electron chi connectivity index (χ3n) is 4.36. The zero-order valence-corrected chi connectivity index (χ0v) is 15.1. The van der Waals surface area contributed by atoms with Crippen molar-refractivity contribution < 1.29 is 23.2 Å². The normalized spacial score (nSPS) is 22.1. The van der Waals surface area contributed by atoms with Crippen molar-refractivity contribution in [2.45, 2.75) is 44.1 Å². The zero-order valence-electron chi connectivity index (χ0n) is 12.7. The van der Waals surface area contributed by atoms with Crippen molar-refractivity contribution in [2.75, 3.05) is 6.54 Å². The molecule has 0 aromatic carbocycles. The number of imide groups is 1. The van der Waals surface area contributed by atoms with E-state index in [2.05, 4.69) is 26.2 Å². The number of hydrogen-bond donors (Lipinski definition) is 1. The molecule has 3 amide bonds. The number of aromatic nitrogens is 1. The Morgan fingerprint density at radius 1 is 1.33 bits per heavy atom. The maximum absolute atomic E-state index is 13.3. The van der Waals surface area contributed by atoms with Crippen molar-refractivity contribution in [3.05, 3.63) is 14.5 Å². The average molecular weight is 422 g/mol. The smallest absolute Gasteiger partial charge is 0.323 e. The van der Waals surface area contributed by atoms with Crippen LogP contribution in [0.3, 0.4) is 0 Å². The van der Waals surface area contributed by atoms with Crippen molar-refractivity contribution in [1.29, 1.82) is 0 Å². The molecule has 1 saturated heterocycles. The van der Waals surface area contributed by atoms with Crippen LogP contribution in [0.5, 0.6) is 0 Å². The number of thiazole rings is 1. The molecule has 1 spiro atoms. The number of nitrogens with one attached hydrogen (secondary N) is 1. The number of urea groups is 1. The Labute approximate surface area is 148 Å². The second-order valence-corrected chi connectivity index (χ2v) is 8.38. The average Bonchev–Trinajstić information content (AvgIpc) is 2.96. The first-order valence-corrected chi connectivity index (χ1v) is 8.93. The highest BCUT2D eigenvalue weighted by Crippen LogP contribution is 2.41. The van der Waals surface area contributed by atoms with Crippen LogP contribution in [-0.4, -0.2) is 45.6 Å². The fraction of sp³-hybridized carbons (Fsp3) is 0.571. The lowest BCUT2D eigenvalue weighted by Gasteiger charge is -2.34. The predicted molar refractivity (Wildman–Crippen MR) is 85.3 cm³/mol. The van der Waals surface area contributed by atoms with Gasteiger partial charge in [0.2, 0.25) is 11.7 Å². The third kappa shape index (κ3) is 2.97. The van der Waals surface area contributed by atoms with Crippen molar-refractivity contribution in [2.24, 2.45) is 0 Å². The van der Waals surface area contributed by atoms with Gasteiger partial charge in [0, 0.05) is 12.8 Å². The van der Waals surface area contributed by atoms with Crippen LogP contribution in [0, 0.1) is 6.92 Å². The zero-order chi connectivity index (χ0) is 17.7. The Kier molecular flexibility index (Phi) is 4.23. The quantitative estimate of drug-likeness (QED) is 0.600. The maximum Gasteiger partial charge on any atom is 0.325 e. The number of hydrogen-bond acceptors (Lipinski definition) is 5. The first-order valence-electron chi connectivity index (χ1n) is 7.32. The molecule has 2 fully saturated rings. The summed E-state index contributed by atoms with van der Waals surface area (Å²) in [5.41, 5.74) is -0.662. The summed E-state index contributed by atoms with van der Waals surface area (Å²) in [7, 11) is 0. The van der Waals surface area contributed by atoms with Crippen LogP contribution < -0.4 is 5.32 Å². The molecule has 24 heavy (non-hydrogen) atoms. The minimum absolute atomic E-state index is 0.128. The lowest BCUT2D eigenvalue weighted by molar-refractivity contribution is -0.135. The van der Waals surface area contributed by atoms with E-state index in [0.29, 0.717) is 9.48 Å². The molecule has 3 rings (SSSR count). The fourth-order valence-electron chi connectivity index (χ4n) is 2.91. The Balaban J connectivity index is 1.74. The van der Waals surface area contributed by atoms with E-state index in [4.69, 9.17) is 0 Å². The van der Waals surface area contributed by atoms with Gasteiger partial charge in [0.1, 0.15) is 5.54 Å². The van der Waals surface area contributed by atoms with Gasteiger partial charge in [-0.05, 0) is 35.7 Å². The molecular weight excluding hydrogens is 408 g/mol. The summed E-state index contributed by atoms with van der Waals surface area (Å²) in [6.45, 7) is 1.28.